The lowest BCUT2D eigenvalue weighted by Gasteiger charge is -2.13. The van der Waals surface area contributed by atoms with E-state index in [1.807, 2.05) is 0 Å². The molecule has 0 aliphatic rings. The fraction of sp³-hybridized carbons (Fsp3) is 0.500. The number of allylic oxidation sites excluding steroid dienone is 8. The number of hydrogen-bond donors (Lipinski definition) is 0. The van der Waals surface area contributed by atoms with Crippen molar-refractivity contribution in [2.75, 3.05) is 0 Å². The maximum absolute atomic E-state index is 12.9. The van der Waals surface area contributed by atoms with Gasteiger partial charge in [-0.25, -0.2) is 56.2 Å². The third kappa shape index (κ3) is 7.67. The highest BCUT2D eigenvalue weighted by molar-refractivity contribution is 4.89. The molecular weight excluding hydrogens is 516 g/mol. The van der Waals surface area contributed by atoms with E-state index in [0.29, 0.717) is 25.7 Å². The number of hydrogen-bond acceptors (Lipinski definition) is 6. The van der Waals surface area contributed by atoms with Crippen LogP contribution in [0.3, 0.4) is 0 Å². The van der Waals surface area contributed by atoms with Crippen molar-refractivity contribution < 1.29 is 0 Å². The van der Waals surface area contributed by atoms with Gasteiger partial charge in [0.15, 0.2) is 0 Å². The van der Waals surface area contributed by atoms with Crippen LogP contribution < -0.4 is 34.1 Å². The first-order valence-corrected chi connectivity index (χ1v) is 13.6. The summed E-state index contributed by atoms with van der Waals surface area (Å²) in [4.78, 5) is 77.1. The van der Waals surface area contributed by atoms with Gasteiger partial charge in [-0.1, -0.05) is 61.4 Å². The molecule has 0 radical (unpaired) electrons. The van der Waals surface area contributed by atoms with E-state index in [9.17, 15) is 28.8 Å². The summed E-state index contributed by atoms with van der Waals surface area (Å²) in [6, 6.07) is 0. The molecule has 0 aromatic carbocycles. The number of nitrogens with zero attached hydrogens (tertiary/aromatic N) is 6. The Kier molecular flexibility index (Phi) is 12.8. The second kappa shape index (κ2) is 16.0. The fourth-order valence-electron chi connectivity index (χ4n) is 4.11. The summed E-state index contributed by atoms with van der Waals surface area (Å²) in [7, 11) is 0. The van der Waals surface area contributed by atoms with E-state index >= 15 is 0 Å². The van der Waals surface area contributed by atoms with Gasteiger partial charge in [-0.2, -0.15) is 0 Å². The van der Waals surface area contributed by atoms with Crippen LogP contribution in [0.2, 0.25) is 0 Å². The summed E-state index contributed by atoms with van der Waals surface area (Å²) in [6.07, 6.45) is 15.8. The molecule has 0 atom stereocenters. The largest absolute Gasteiger partial charge is 0.336 e. The lowest BCUT2D eigenvalue weighted by molar-refractivity contribution is 0.440. The van der Waals surface area contributed by atoms with Crippen molar-refractivity contribution in [3.05, 3.63) is 112 Å². The molecule has 0 unspecified atom stereocenters. The molecule has 12 nitrogen and oxygen atoms in total. The van der Waals surface area contributed by atoms with Crippen molar-refractivity contribution in [3.63, 3.8) is 0 Å². The van der Waals surface area contributed by atoms with E-state index in [1.54, 1.807) is 76.3 Å². The minimum atomic E-state index is -0.651. The number of aromatic nitrogens is 6. The highest BCUT2D eigenvalue weighted by Gasteiger charge is 2.15. The van der Waals surface area contributed by atoms with Crippen LogP contribution in [-0.2, 0) is 39.3 Å². The van der Waals surface area contributed by atoms with Gasteiger partial charge in [0.2, 0.25) is 0 Å². The Hall–Kier alpha value is -4.22. The fourth-order valence-corrected chi connectivity index (χ4v) is 4.11. The van der Waals surface area contributed by atoms with Crippen molar-refractivity contribution >= 4 is 0 Å². The highest BCUT2D eigenvalue weighted by atomic mass is 16.2. The molecule has 0 fully saturated rings. The Balaban J connectivity index is 2.19. The Morgan fingerprint density at radius 2 is 0.600 bits per heavy atom. The van der Waals surface area contributed by atoms with Crippen molar-refractivity contribution in [1.29, 1.82) is 0 Å². The summed E-state index contributed by atoms with van der Waals surface area (Å²) < 4.78 is 6.32. The van der Waals surface area contributed by atoms with Gasteiger partial charge in [-0.3, -0.25) is 0 Å². The topological polar surface area (TPSA) is 132 Å². The number of rotatable bonds is 15. The van der Waals surface area contributed by atoms with E-state index in [0.717, 1.165) is 27.4 Å². The van der Waals surface area contributed by atoms with E-state index in [2.05, 4.69) is 0 Å². The smallest absolute Gasteiger partial charge is 0.247 e. The predicted octanol–water partition coefficient (Wildman–Crippen LogP) is 1.22. The minimum Gasteiger partial charge on any atom is -0.247 e. The van der Waals surface area contributed by atoms with E-state index in [1.165, 1.54) is 0 Å². The second-order valence-corrected chi connectivity index (χ2v) is 9.13. The summed E-state index contributed by atoms with van der Waals surface area (Å²) in [6.45, 7) is 7.67. The monoisotopic (exact) mass is 556 g/mol. The van der Waals surface area contributed by atoms with E-state index in [-0.39, 0.29) is 39.3 Å². The first-order valence-electron chi connectivity index (χ1n) is 13.6. The zero-order valence-electron chi connectivity index (χ0n) is 23.8. The zero-order chi connectivity index (χ0) is 29.7. The Labute approximate surface area is 231 Å². The van der Waals surface area contributed by atoms with Crippen LogP contribution in [-0.4, -0.2) is 27.4 Å². The van der Waals surface area contributed by atoms with Crippen LogP contribution >= 0.6 is 0 Å². The van der Waals surface area contributed by atoms with Crippen LogP contribution in [0, 0.1) is 0 Å². The predicted molar refractivity (Wildman–Crippen MR) is 156 cm³/mol. The van der Waals surface area contributed by atoms with Gasteiger partial charge in [0.05, 0.1) is 26.2 Å². The summed E-state index contributed by atoms with van der Waals surface area (Å²) in [5.74, 6) is 0. The molecule has 2 aromatic heterocycles. The molecule has 0 amide bonds. The third-order valence-corrected chi connectivity index (χ3v) is 6.38. The van der Waals surface area contributed by atoms with Gasteiger partial charge >= 0.3 is 34.1 Å². The number of unbranched alkanes of at least 4 members (excludes halogenated alkanes) is 3. The van der Waals surface area contributed by atoms with Crippen molar-refractivity contribution in [2.45, 2.75) is 92.6 Å². The van der Waals surface area contributed by atoms with Gasteiger partial charge in [0.25, 0.3) is 0 Å². The highest BCUT2D eigenvalue weighted by Crippen LogP contribution is 2.01. The SMILES string of the molecule is C/C=C/Cn1c(=O)n(C/C=C/C)c(=O)n(CCCCCCn2c(=O)n(C/C=C/C)c(=O)n(C/C=C/C)c2=O)c1=O. The molecule has 0 saturated carbocycles. The third-order valence-electron chi connectivity index (χ3n) is 6.38. The maximum atomic E-state index is 12.9. The molecule has 0 aliphatic carbocycles. The van der Waals surface area contributed by atoms with Crippen molar-refractivity contribution in [2.24, 2.45) is 0 Å². The molecule has 2 heterocycles. The van der Waals surface area contributed by atoms with Gasteiger partial charge in [0, 0.05) is 13.1 Å². The molecule has 40 heavy (non-hydrogen) atoms. The van der Waals surface area contributed by atoms with Crippen molar-refractivity contribution in [1.82, 2.24) is 27.4 Å². The molecule has 2 rings (SSSR count). The van der Waals surface area contributed by atoms with Crippen molar-refractivity contribution in [3.8, 4) is 0 Å². The van der Waals surface area contributed by atoms with E-state index < -0.39 is 34.1 Å². The average Bonchev–Trinajstić information content (AvgIpc) is 2.93. The molecule has 0 N–H and O–H groups in total. The van der Waals surface area contributed by atoms with Gasteiger partial charge in [-0.05, 0) is 40.5 Å². The molecule has 0 saturated heterocycles. The minimum absolute atomic E-state index is 0.0702. The zero-order valence-corrected chi connectivity index (χ0v) is 23.8. The molecule has 0 aliphatic heterocycles. The quantitative estimate of drug-likeness (QED) is 0.239. The Bertz CT molecular complexity index is 1400. The molecule has 2 aromatic rings. The molecule has 0 spiro atoms. The summed E-state index contributed by atoms with van der Waals surface area (Å²) in [5.41, 5.74) is -3.90. The molecule has 0 bridgehead atoms. The average molecular weight is 557 g/mol. The van der Waals surface area contributed by atoms with Gasteiger partial charge in [-0.15, -0.1) is 0 Å². The maximum Gasteiger partial charge on any atom is 0.336 e. The summed E-state index contributed by atoms with van der Waals surface area (Å²) >= 11 is 0. The van der Waals surface area contributed by atoms with Crippen LogP contribution in [0.5, 0.6) is 0 Å². The lowest BCUT2D eigenvalue weighted by atomic mass is 10.2. The van der Waals surface area contributed by atoms with E-state index in [4.69, 9.17) is 0 Å². The molecular formula is C28H40N6O6. The molecule has 218 valence electrons. The first-order chi connectivity index (χ1) is 19.2. The van der Waals surface area contributed by atoms with Crippen LogP contribution in [0.1, 0.15) is 53.4 Å². The summed E-state index contributed by atoms with van der Waals surface area (Å²) in [5, 5.41) is 0. The normalized spacial score (nSPS) is 12.2. The Morgan fingerprint density at radius 3 is 0.825 bits per heavy atom. The van der Waals surface area contributed by atoms with Crippen LogP contribution in [0.15, 0.2) is 77.4 Å². The van der Waals surface area contributed by atoms with Crippen LogP contribution in [0.4, 0.5) is 0 Å². The van der Waals surface area contributed by atoms with Gasteiger partial charge in [0.1, 0.15) is 0 Å². The Morgan fingerprint density at radius 1 is 0.375 bits per heavy atom. The second-order valence-electron chi connectivity index (χ2n) is 9.13. The van der Waals surface area contributed by atoms with Crippen LogP contribution in [0.25, 0.3) is 0 Å². The molecule has 12 heteroatoms. The lowest BCUT2D eigenvalue weighted by Crippen LogP contribution is -2.54. The van der Waals surface area contributed by atoms with Gasteiger partial charge < -0.3 is 0 Å². The standard InChI is InChI=1S/C28H40N6O6/c1-5-9-17-29-23(35)30(18-10-6-2)26(38)33(25(29)37)21-15-13-14-16-22-34-27(39)31(19-11-7-3)24(36)32(28(34)40)20-12-8-4/h5-12H,13-22H2,1-4H3/b9-5+,10-6+,11-7+,12-8+. The first kappa shape index (κ1) is 32.0.